The average Bonchev–Trinajstić information content (AvgIpc) is 2.96. The smallest absolute Gasteiger partial charge is 0.404 e. The molecule has 4 rings (SSSR count). The van der Waals surface area contributed by atoms with E-state index in [1.54, 1.807) is 6.07 Å². The number of fused-ring (bicyclic) bond motifs is 2. The Morgan fingerprint density at radius 2 is 2.19 bits per heavy atom. The summed E-state index contributed by atoms with van der Waals surface area (Å²) in [5.41, 5.74) is 8.81. The van der Waals surface area contributed by atoms with Crippen LogP contribution in [-0.2, 0) is 12.8 Å². The molecule has 5 N–H and O–H groups in total. The zero-order valence-corrected chi connectivity index (χ0v) is 14.5. The van der Waals surface area contributed by atoms with Gasteiger partial charge in [0.25, 0.3) is 5.91 Å². The number of carbonyl (C=O) groups excluding carboxylic acids is 1. The Bertz CT molecular complexity index is 926. The number of nitrogens with one attached hydrogen (secondary N) is 2. The summed E-state index contributed by atoms with van der Waals surface area (Å²) in [6, 6.07) is 4.14. The molecule has 0 spiro atoms. The summed E-state index contributed by atoms with van der Waals surface area (Å²) in [6.07, 6.45) is 0.913. The van der Waals surface area contributed by atoms with Crippen molar-refractivity contribution in [3.63, 3.8) is 0 Å². The lowest BCUT2D eigenvalue weighted by Gasteiger charge is -2.27. The molecule has 0 fully saturated rings. The molecule has 2 atom stereocenters. The molecule has 0 saturated carbocycles. The monoisotopic (exact) mass is 373 g/mol. The van der Waals surface area contributed by atoms with Crippen LogP contribution >= 0.6 is 0 Å². The van der Waals surface area contributed by atoms with Crippen LogP contribution in [0.3, 0.4) is 0 Å². The topological polar surface area (TPSA) is 122 Å². The minimum atomic E-state index is -1.08. The largest absolute Gasteiger partial charge is 0.465 e. The Hall–Kier alpha value is -3.10. The number of nitrogens with two attached hydrogens (primary N) is 1. The maximum atomic E-state index is 13.7. The first-order valence-corrected chi connectivity index (χ1v) is 8.87. The zero-order chi connectivity index (χ0) is 19.1. The normalized spacial score (nSPS) is 20.9. The highest BCUT2D eigenvalue weighted by Crippen LogP contribution is 2.35. The third-order valence-corrected chi connectivity index (χ3v) is 5.27. The van der Waals surface area contributed by atoms with Crippen LogP contribution in [0.1, 0.15) is 40.4 Å². The van der Waals surface area contributed by atoms with Crippen LogP contribution in [0.5, 0.6) is 0 Å². The number of amides is 1. The van der Waals surface area contributed by atoms with Gasteiger partial charge in [-0.1, -0.05) is 0 Å². The van der Waals surface area contributed by atoms with Crippen LogP contribution < -0.4 is 16.4 Å². The van der Waals surface area contributed by atoms with Gasteiger partial charge < -0.3 is 21.5 Å². The van der Waals surface area contributed by atoms with Gasteiger partial charge in [-0.2, -0.15) is 0 Å². The highest BCUT2D eigenvalue weighted by molar-refractivity contribution is 5.89. The van der Waals surface area contributed by atoms with E-state index in [-0.39, 0.29) is 23.6 Å². The molecule has 9 heteroatoms. The first-order chi connectivity index (χ1) is 12.9. The fourth-order valence-corrected chi connectivity index (χ4v) is 4.02. The van der Waals surface area contributed by atoms with Crippen LogP contribution in [0.4, 0.5) is 20.7 Å². The molecule has 2 aromatic rings. The number of nitrogen functional groups attached to an aromatic ring is 1. The molecule has 1 aromatic heterocycles. The molecular formula is C18H20FN5O3. The lowest BCUT2D eigenvalue weighted by molar-refractivity contribution is 0.0851. The van der Waals surface area contributed by atoms with Gasteiger partial charge in [0.15, 0.2) is 0 Å². The quantitative estimate of drug-likeness (QED) is 0.638. The SMILES string of the molecule is Nc1nn(C(=O)C2CCNc3ccc(F)cc32)c2c1CC(NC(=O)O)CC2. The van der Waals surface area contributed by atoms with Crippen LogP contribution in [0, 0.1) is 5.82 Å². The Labute approximate surface area is 154 Å². The maximum Gasteiger partial charge on any atom is 0.404 e. The molecule has 0 bridgehead atoms. The van der Waals surface area contributed by atoms with Gasteiger partial charge >= 0.3 is 6.09 Å². The number of nitrogens with zero attached hydrogens (tertiary/aromatic N) is 2. The second-order valence-corrected chi connectivity index (χ2v) is 6.95. The zero-order valence-electron chi connectivity index (χ0n) is 14.5. The van der Waals surface area contributed by atoms with Gasteiger partial charge in [0.2, 0.25) is 0 Å². The third kappa shape index (κ3) is 3.09. The number of rotatable bonds is 2. The number of carboxylic acid groups (broad SMARTS) is 1. The summed E-state index contributed by atoms with van der Waals surface area (Å²) in [7, 11) is 0. The van der Waals surface area contributed by atoms with Crippen molar-refractivity contribution in [1.29, 1.82) is 0 Å². The maximum absolute atomic E-state index is 13.7. The van der Waals surface area contributed by atoms with Crippen molar-refractivity contribution >= 4 is 23.5 Å². The molecule has 2 unspecified atom stereocenters. The second kappa shape index (κ2) is 6.57. The molecule has 0 saturated heterocycles. The minimum absolute atomic E-state index is 0.235. The van der Waals surface area contributed by atoms with Crippen molar-refractivity contribution in [1.82, 2.24) is 15.1 Å². The predicted molar refractivity (Wildman–Crippen MR) is 96.5 cm³/mol. The highest BCUT2D eigenvalue weighted by Gasteiger charge is 2.33. The molecule has 1 aliphatic carbocycles. The number of hydrogen-bond donors (Lipinski definition) is 4. The van der Waals surface area contributed by atoms with Crippen molar-refractivity contribution in [2.75, 3.05) is 17.6 Å². The summed E-state index contributed by atoms with van der Waals surface area (Å²) in [6.45, 7) is 0.610. The fraction of sp³-hybridized carbons (Fsp3) is 0.389. The Morgan fingerprint density at radius 3 is 2.96 bits per heavy atom. The van der Waals surface area contributed by atoms with E-state index in [9.17, 15) is 14.0 Å². The molecule has 1 amide bonds. The Kier molecular flexibility index (Phi) is 4.21. The van der Waals surface area contributed by atoms with Crippen molar-refractivity contribution in [3.05, 3.63) is 40.8 Å². The van der Waals surface area contributed by atoms with E-state index in [0.29, 0.717) is 43.4 Å². The highest BCUT2D eigenvalue weighted by atomic mass is 19.1. The van der Waals surface area contributed by atoms with Crippen LogP contribution in [0.2, 0.25) is 0 Å². The van der Waals surface area contributed by atoms with Gasteiger partial charge in [-0.3, -0.25) is 4.79 Å². The second-order valence-electron chi connectivity index (χ2n) is 6.95. The molecule has 0 radical (unpaired) electrons. The number of hydrogen-bond acceptors (Lipinski definition) is 5. The fourth-order valence-electron chi connectivity index (χ4n) is 4.02. The molecular weight excluding hydrogens is 353 g/mol. The van der Waals surface area contributed by atoms with Crippen molar-refractivity contribution < 1.29 is 19.1 Å². The molecule has 1 aliphatic heterocycles. The first kappa shape index (κ1) is 17.3. The van der Waals surface area contributed by atoms with Gasteiger partial charge in [-0.25, -0.2) is 13.9 Å². The summed E-state index contributed by atoms with van der Waals surface area (Å²) < 4.78 is 15.1. The summed E-state index contributed by atoms with van der Waals surface area (Å²) >= 11 is 0. The van der Waals surface area contributed by atoms with Crippen LogP contribution in [0.15, 0.2) is 18.2 Å². The van der Waals surface area contributed by atoms with Gasteiger partial charge in [0, 0.05) is 23.8 Å². The Balaban J connectivity index is 1.66. The van der Waals surface area contributed by atoms with Gasteiger partial charge in [-0.05, 0) is 49.4 Å². The molecule has 2 aliphatic rings. The van der Waals surface area contributed by atoms with Gasteiger partial charge in [0.05, 0.1) is 11.6 Å². The molecule has 8 nitrogen and oxygen atoms in total. The summed E-state index contributed by atoms with van der Waals surface area (Å²) in [5.74, 6) is -0.889. The lowest BCUT2D eigenvalue weighted by Crippen LogP contribution is -2.38. The predicted octanol–water partition coefficient (Wildman–Crippen LogP) is 1.97. The van der Waals surface area contributed by atoms with Crippen LogP contribution in [-0.4, -0.2) is 39.5 Å². The summed E-state index contributed by atoms with van der Waals surface area (Å²) in [5, 5.41) is 18.8. The lowest BCUT2D eigenvalue weighted by atomic mass is 9.89. The van der Waals surface area contributed by atoms with E-state index in [4.69, 9.17) is 10.8 Å². The van der Waals surface area contributed by atoms with E-state index >= 15 is 0 Å². The van der Waals surface area contributed by atoms with Crippen molar-refractivity contribution in [3.8, 4) is 0 Å². The van der Waals surface area contributed by atoms with Gasteiger partial charge in [0.1, 0.15) is 11.6 Å². The average molecular weight is 373 g/mol. The van der Waals surface area contributed by atoms with Gasteiger partial charge in [-0.15, -0.1) is 5.10 Å². The molecule has 1 aromatic carbocycles. The summed E-state index contributed by atoms with van der Waals surface area (Å²) in [4.78, 5) is 24.1. The van der Waals surface area contributed by atoms with Crippen molar-refractivity contribution in [2.24, 2.45) is 0 Å². The van der Waals surface area contributed by atoms with E-state index in [2.05, 4.69) is 15.7 Å². The van der Waals surface area contributed by atoms with Crippen molar-refractivity contribution in [2.45, 2.75) is 37.6 Å². The number of halogens is 1. The number of aromatic nitrogens is 2. The number of anilines is 2. The minimum Gasteiger partial charge on any atom is -0.465 e. The third-order valence-electron chi connectivity index (χ3n) is 5.27. The van der Waals surface area contributed by atoms with E-state index in [1.807, 2.05) is 0 Å². The van der Waals surface area contributed by atoms with E-state index < -0.39 is 12.0 Å². The van der Waals surface area contributed by atoms with E-state index in [1.165, 1.54) is 16.8 Å². The Morgan fingerprint density at radius 1 is 1.37 bits per heavy atom. The van der Waals surface area contributed by atoms with E-state index in [0.717, 1.165) is 11.4 Å². The number of carbonyl (C=O) groups is 2. The molecule has 27 heavy (non-hydrogen) atoms. The van der Waals surface area contributed by atoms with Crippen LogP contribution in [0.25, 0.3) is 0 Å². The molecule has 142 valence electrons. The standard InChI is InChI=1S/C18H20FN5O3/c19-9-1-3-14-12(7-9)11(5-6-21-14)17(25)24-15-4-2-10(22-18(26)27)8-13(15)16(20)23-24/h1,3,7,10-11,21-22H,2,4-6,8H2,(H2,20,23)(H,26,27). The first-order valence-electron chi connectivity index (χ1n) is 8.87. The molecule has 2 heterocycles. The number of benzene rings is 1.